The molecule has 0 amide bonds. The predicted octanol–water partition coefficient (Wildman–Crippen LogP) is 2.28. The van der Waals surface area contributed by atoms with Crippen molar-refractivity contribution in [2.45, 2.75) is 25.8 Å². The van der Waals surface area contributed by atoms with Crippen molar-refractivity contribution in [2.75, 3.05) is 26.2 Å². The molecule has 0 aromatic heterocycles. The second kappa shape index (κ2) is 6.16. The third-order valence-electron chi connectivity index (χ3n) is 3.50. The summed E-state index contributed by atoms with van der Waals surface area (Å²) in [7, 11) is 0. The van der Waals surface area contributed by atoms with E-state index in [1.165, 1.54) is 6.07 Å². The van der Waals surface area contributed by atoms with E-state index in [1.807, 2.05) is 0 Å². The molecule has 3 nitrogen and oxygen atoms in total. The van der Waals surface area contributed by atoms with Crippen LogP contribution in [-0.4, -0.2) is 36.2 Å². The van der Waals surface area contributed by atoms with Crippen LogP contribution in [0, 0.1) is 5.82 Å². The lowest BCUT2D eigenvalue weighted by molar-refractivity contribution is 0.161. The van der Waals surface area contributed by atoms with E-state index in [9.17, 15) is 9.50 Å². The molecule has 1 aliphatic rings. The fraction of sp³-hybridized carbons (Fsp3) is 0.571. The van der Waals surface area contributed by atoms with E-state index in [0.29, 0.717) is 5.56 Å². The van der Waals surface area contributed by atoms with Gasteiger partial charge in [-0.3, -0.25) is 4.90 Å². The van der Waals surface area contributed by atoms with E-state index >= 15 is 0 Å². The summed E-state index contributed by atoms with van der Waals surface area (Å²) in [5.74, 6) is -0.307. The van der Waals surface area contributed by atoms with E-state index in [1.54, 1.807) is 12.1 Å². The number of nitrogens with zero attached hydrogens (tertiary/aromatic N) is 1. The highest BCUT2D eigenvalue weighted by molar-refractivity contribution is 5.30. The molecule has 1 aromatic rings. The summed E-state index contributed by atoms with van der Waals surface area (Å²) in [6, 6.07) is 4.62. The summed E-state index contributed by atoms with van der Waals surface area (Å²) >= 11 is 0. The molecule has 2 rings (SSSR count). The lowest BCUT2D eigenvalue weighted by atomic mass is 9.99. The van der Waals surface area contributed by atoms with Crippen LogP contribution in [0.1, 0.15) is 31.4 Å². The first-order valence-corrected chi connectivity index (χ1v) is 6.65. The third-order valence-corrected chi connectivity index (χ3v) is 3.50. The second-order valence-electron chi connectivity index (χ2n) is 4.80. The highest BCUT2D eigenvalue weighted by Crippen LogP contribution is 2.29. The third kappa shape index (κ3) is 3.00. The molecule has 1 saturated heterocycles. The van der Waals surface area contributed by atoms with Crippen molar-refractivity contribution in [3.8, 4) is 5.75 Å². The molecule has 18 heavy (non-hydrogen) atoms. The Kier molecular flexibility index (Phi) is 4.55. The van der Waals surface area contributed by atoms with Crippen molar-refractivity contribution in [1.82, 2.24) is 10.2 Å². The van der Waals surface area contributed by atoms with Gasteiger partial charge in [0.2, 0.25) is 0 Å². The summed E-state index contributed by atoms with van der Waals surface area (Å²) < 4.78 is 14.0. The van der Waals surface area contributed by atoms with E-state index in [0.717, 1.165) is 39.0 Å². The standard InChI is InChI=1S/C14H21FN2O/c1-2-3-14(17-8-6-16-7-9-17)12-5-4-11(18)10-13(12)15/h4-5,10,14,16,18H,2-3,6-9H2,1H3/t14-/m1/s1. The van der Waals surface area contributed by atoms with Gasteiger partial charge in [0.1, 0.15) is 11.6 Å². The van der Waals surface area contributed by atoms with Gasteiger partial charge in [0, 0.05) is 43.9 Å². The minimum Gasteiger partial charge on any atom is -0.508 e. The number of benzene rings is 1. The molecule has 1 aromatic carbocycles. The average Bonchev–Trinajstić information content (AvgIpc) is 2.38. The Balaban J connectivity index is 2.22. The van der Waals surface area contributed by atoms with Gasteiger partial charge < -0.3 is 10.4 Å². The summed E-state index contributed by atoms with van der Waals surface area (Å²) in [5.41, 5.74) is 0.705. The normalized spacial score (nSPS) is 18.8. The number of piperazine rings is 1. The SMILES string of the molecule is CCC[C@H](c1ccc(O)cc1F)N1CCNCC1. The molecule has 100 valence electrons. The molecule has 0 radical (unpaired) electrons. The highest BCUT2D eigenvalue weighted by Gasteiger charge is 2.23. The molecule has 1 fully saturated rings. The minimum absolute atomic E-state index is 0.00758. The van der Waals surface area contributed by atoms with Crippen LogP contribution < -0.4 is 5.32 Å². The summed E-state index contributed by atoms with van der Waals surface area (Å²) in [5, 5.41) is 12.6. The number of rotatable bonds is 4. The molecule has 0 saturated carbocycles. The van der Waals surface area contributed by atoms with Gasteiger partial charge in [-0.25, -0.2) is 4.39 Å². The fourth-order valence-electron chi connectivity index (χ4n) is 2.59. The minimum atomic E-state index is -0.299. The maximum atomic E-state index is 14.0. The number of phenols is 1. The van der Waals surface area contributed by atoms with Crippen LogP contribution in [-0.2, 0) is 0 Å². The Morgan fingerprint density at radius 2 is 2.11 bits per heavy atom. The predicted molar refractivity (Wildman–Crippen MR) is 70.2 cm³/mol. The van der Waals surface area contributed by atoms with Gasteiger partial charge in [0.15, 0.2) is 0 Å². The van der Waals surface area contributed by atoms with Crippen molar-refractivity contribution in [3.63, 3.8) is 0 Å². The highest BCUT2D eigenvalue weighted by atomic mass is 19.1. The Morgan fingerprint density at radius 3 is 2.72 bits per heavy atom. The first kappa shape index (κ1) is 13.3. The van der Waals surface area contributed by atoms with E-state index in [4.69, 9.17) is 0 Å². The number of hydrogen-bond acceptors (Lipinski definition) is 3. The number of nitrogens with one attached hydrogen (secondary N) is 1. The van der Waals surface area contributed by atoms with Crippen LogP contribution in [0.25, 0.3) is 0 Å². The Labute approximate surface area is 108 Å². The molecule has 1 atom stereocenters. The van der Waals surface area contributed by atoms with Crippen LogP contribution in [0.4, 0.5) is 4.39 Å². The molecule has 0 bridgehead atoms. The van der Waals surface area contributed by atoms with Gasteiger partial charge in [-0.1, -0.05) is 19.4 Å². The lowest BCUT2D eigenvalue weighted by Crippen LogP contribution is -2.45. The van der Waals surface area contributed by atoms with E-state index in [2.05, 4.69) is 17.1 Å². The number of hydrogen-bond donors (Lipinski definition) is 2. The second-order valence-corrected chi connectivity index (χ2v) is 4.80. The van der Waals surface area contributed by atoms with Gasteiger partial charge in [-0.05, 0) is 12.5 Å². The zero-order valence-electron chi connectivity index (χ0n) is 10.8. The number of halogens is 1. The zero-order valence-corrected chi connectivity index (χ0v) is 10.8. The Bertz CT molecular complexity index is 391. The quantitative estimate of drug-likeness (QED) is 0.863. The van der Waals surface area contributed by atoms with Gasteiger partial charge in [0.05, 0.1) is 0 Å². The van der Waals surface area contributed by atoms with Crippen molar-refractivity contribution >= 4 is 0 Å². The average molecular weight is 252 g/mol. The topological polar surface area (TPSA) is 35.5 Å². The number of phenolic OH excluding ortho intramolecular Hbond substituents is 1. The molecule has 4 heteroatoms. The largest absolute Gasteiger partial charge is 0.508 e. The molecular formula is C14H21FN2O. The van der Waals surface area contributed by atoms with Crippen molar-refractivity contribution < 1.29 is 9.50 Å². The van der Waals surface area contributed by atoms with Crippen LogP contribution in [0.15, 0.2) is 18.2 Å². The van der Waals surface area contributed by atoms with Crippen LogP contribution in [0.2, 0.25) is 0 Å². The first-order valence-electron chi connectivity index (χ1n) is 6.65. The van der Waals surface area contributed by atoms with Crippen LogP contribution in [0.5, 0.6) is 5.75 Å². The molecule has 0 spiro atoms. The maximum Gasteiger partial charge on any atom is 0.131 e. The Morgan fingerprint density at radius 1 is 1.39 bits per heavy atom. The van der Waals surface area contributed by atoms with E-state index in [-0.39, 0.29) is 17.6 Å². The Hall–Kier alpha value is -1.13. The maximum absolute atomic E-state index is 14.0. The molecule has 0 unspecified atom stereocenters. The lowest BCUT2D eigenvalue weighted by Gasteiger charge is -2.35. The van der Waals surface area contributed by atoms with Crippen molar-refractivity contribution in [3.05, 3.63) is 29.6 Å². The number of aromatic hydroxyl groups is 1. The summed E-state index contributed by atoms with van der Waals surface area (Å²) in [6.07, 6.45) is 1.97. The van der Waals surface area contributed by atoms with Gasteiger partial charge in [-0.2, -0.15) is 0 Å². The van der Waals surface area contributed by atoms with Gasteiger partial charge in [-0.15, -0.1) is 0 Å². The molecular weight excluding hydrogens is 231 g/mol. The zero-order chi connectivity index (χ0) is 13.0. The van der Waals surface area contributed by atoms with Gasteiger partial charge in [0.25, 0.3) is 0 Å². The molecule has 0 aliphatic carbocycles. The molecule has 1 heterocycles. The van der Waals surface area contributed by atoms with Crippen LogP contribution in [0.3, 0.4) is 0 Å². The first-order chi connectivity index (χ1) is 8.72. The summed E-state index contributed by atoms with van der Waals surface area (Å²) in [4.78, 5) is 2.33. The summed E-state index contributed by atoms with van der Waals surface area (Å²) in [6.45, 7) is 5.93. The smallest absolute Gasteiger partial charge is 0.131 e. The van der Waals surface area contributed by atoms with Crippen LogP contribution >= 0.6 is 0 Å². The van der Waals surface area contributed by atoms with Crippen molar-refractivity contribution in [1.29, 1.82) is 0 Å². The van der Waals surface area contributed by atoms with Gasteiger partial charge >= 0.3 is 0 Å². The van der Waals surface area contributed by atoms with E-state index < -0.39 is 0 Å². The van der Waals surface area contributed by atoms with Crippen molar-refractivity contribution in [2.24, 2.45) is 0 Å². The molecule has 2 N–H and O–H groups in total. The fourth-order valence-corrected chi connectivity index (χ4v) is 2.59. The monoisotopic (exact) mass is 252 g/mol. The molecule has 1 aliphatic heterocycles.